The van der Waals surface area contributed by atoms with E-state index in [0.29, 0.717) is 5.56 Å². The highest BCUT2D eigenvalue weighted by atomic mass is 79.9. The maximum atomic E-state index is 12.1. The van der Waals surface area contributed by atoms with E-state index >= 15 is 0 Å². The lowest BCUT2D eigenvalue weighted by Crippen LogP contribution is -2.21. The standard InChI is InChI=1S/C15H13BrO3/c1-9(17)14(16)15(18)12-4-3-11-8-13(19-2)6-5-10(11)7-12/h3-8,14H,1-2H3. The van der Waals surface area contributed by atoms with Gasteiger partial charge in [0.1, 0.15) is 10.6 Å². The van der Waals surface area contributed by atoms with Gasteiger partial charge in [-0.3, -0.25) is 9.59 Å². The summed E-state index contributed by atoms with van der Waals surface area (Å²) in [5.74, 6) is 0.360. The predicted molar refractivity (Wildman–Crippen MR) is 78.2 cm³/mol. The fourth-order valence-corrected chi connectivity index (χ4v) is 2.10. The molecule has 2 aromatic carbocycles. The lowest BCUT2D eigenvalue weighted by atomic mass is 10.0. The molecule has 0 saturated carbocycles. The van der Waals surface area contributed by atoms with Crippen LogP contribution in [0.1, 0.15) is 17.3 Å². The normalized spacial score (nSPS) is 12.2. The smallest absolute Gasteiger partial charge is 0.183 e. The highest BCUT2D eigenvalue weighted by molar-refractivity contribution is 9.10. The van der Waals surface area contributed by atoms with Gasteiger partial charge >= 0.3 is 0 Å². The van der Waals surface area contributed by atoms with E-state index in [1.165, 1.54) is 6.92 Å². The van der Waals surface area contributed by atoms with Crippen LogP contribution in [0.4, 0.5) is 0 Å². The van der Waals surface area contributed by atoms with E-state index in [9.17, 15) is 9.59 Å². The fraction of sp³-hybridized carbons (Fsp3) is 0.200. The van der Waals surface area contributed by atoms with Crippen molar-refractivity contribution in [3.05, 3.63) is 42.0 Å². The van der Waals surface area contributed by atoms with E-state index in [2.05, 4.69) is 15.9 Å². The molecule has 98 valence electrons. The Balaban J connectivity index is 2.42. The molecule has 0 fully saturated rings. The molecule has 0 N–H and O–H groups in total. The van der Waals surface area contributed by atoms with Crippen molar-refractivity contribution < 1.29 is 14.3 Å². The number of methoxy groups -OCH3 is 1. The van der Waals surface area contributed by atoms with Crippen molar-refractivity contribution >= 4 is 38.3 Å². The van der Waals surface area contributed by atoms with Crippen molar-refractivity contribution in [2.45, 2.75) is 11.8 Å². The van der Waals surface area contributed by atoms with E-state index in [0.717, 1.165) is 16.5 Å². The quantitative estimate of drug-likeness (QED) is 0.492. The summed E-state index contributed by atoms with van der Waals surface area (Å²) in [5, 5.41) is 1.93. The number of benzene rings is 2. The van der Waals surface area contributed by atoms with Crippen molar-refractivity contribution in [1.29, 1.82) is 0 Å². The Bertz CT molecular complexity index is 649. The Morgan fingerprint density at radius 1 is 1.11 bits per heavy atom. The van der Waals surface area contributed by atoms with Gasteiger partial charge in [0.2, 0.25) is 0 Å². The number of halogens is 1. The molecule has 0 aliphatic rings. The maximum Gasteiger partial charge on any atom is 0.183 e. The van der Waals surface area contributed by atoms with Gasteiger partial charge in [-0.25, -0.2) is 0 Å². The Morgan fingerprint density at radius 2 is 1.74 bits per heavy atom. The summed E-state index contributed by atoms with van der Waals surface area (Å²) in [5.41, 5.74) is 0.523. The number of carbonyl (C=O) groups excluding carboxylic acids is 2. The highest BCUT2D eigenvalue weighted by Gasteiger charge is 2.21. The van der Waals surface area contributed by atoms with Crippen molar-refractivity contribution in [1.82, 2.24) is 0 Å². The van der Waals surface area contributed by atoms with Gasteiger partial charge in [-0.1, -0.05) is 34.1 Å². The second-order valence-electron chi connectivity index (χ2n) is 4.27. The number of hydrogen-bond donors (Lipinski definition) is 0. The van der Waals surface area contributed by atoms with Gasteiger partial charge in [-0.15, -0.1) is 0 Å². The van der Waals surface area contributed by atoms with Crippen LogP contribution in [0.25, 0.3) is 10.8 Å². The number of fused-ring (bicyclic) bond motifs is 1. The van der Waals surface area contributed by atoms with Gasteiger partial charge in [0.05, 0.1) is 7.11 Å². The van der Waals surface area contributed by atoms with Gasteiger partial charge in [-0.05, 0) is 35.9 Å². The molecule has 0 aliphatic heterocycles. The Kier molecular flexibility index (Phi) is 4.00. The lowest BCUT2D eigenvalue weighted by molar-refractivity contribution is -0.115. The molecule has 0 saturated heterocycles. The van der Waals surface area contributed by atoms with Gasteiger partial charge < -0.3 is 4.74 Å². The molecular weight excluding hydrogens is 308 g/mol. The third-order valence-corrected chi connectivity index (χ3v) is 3.98. The number of ketones is 2. The third kappa shape index (κ3) is 2.84. The second-order valence-corrected chi connectivity index (χ2v) is 5.18. The monoisotopic (exact) mass is 320 g/mol. The summed E-state index contributed by atoms with van der Waals surface area (Å²) in [6.07, 6.45) is 0. The lowest BCUT2D eigenvalue weighted by Gasteiger charge is -2.07. The molecule has 0 aromatic heterocycles. The molecule has 0 heterocycles. The zero-order chi connectivity index (χ0) is 14.0. The molecule has 0 radical (unpaired) electrons. The minimum Gasteiger partial charge on any atom is -0.497 e. The van der Waals surface area contributed by atoms with Crippen LogP contribution in [0, 0.1) is 0 Å². The number of ether oxygens (including phenoxy) is 1. The molecule has 19 heavy (non-hydrogen) atoms. The predicted octanol–water partition coefficient (Wildman–Crippen LogP) is 3.38. The highest BCUT2D eigenvalue weighted by Crippen LogP contribution is 2.23. The van der Waals surface area contributed by atoms with Gasteiger partial charge in [0.25, 0.3) is 0 Å². The summed E-state index contributed by atoms with van der Waals surface area (Å²) in [6.45, 7) is 1.39. The first kappa shape index (κ1) is 13.7. The molecule has 2 rings (SSSR count). The van der Waals surface area contributed by atoms with Crippen molar-refractivity contribution in [2.24, 2.45) is 0 Å². The van der Waals surface area contributed by atoms with Crippen molar-refractivity contribution in [3.8, 4) is 5.75 Å². The van der Waals surface area contributed by atoms with Crippen molar-refractivity contribution in [3.63, 3.8) is 0 Å². The first-order valence-corrected chi connectivity index (χ1v) is 6.71. The molecule has 0 bridgehead atoms. The Morgan fingerprint density at radius 3 is 2.37 bits per heavy atom. The van der Waals surface area contributed by atoms with E-state index in [1.807, 2.05) is 24.3 Å². The van der Waals surface area contributed by atoms with Crippen LogP contribution in [0.15, 0.2) is 36.4 Å². The summed E-state index contributed by atoms with van der Waals surface area (Å²) >= 11 is 3.11. The molecule has 1 unspecified atom stereocenters. The van der Waals surface area contributed by atoms with Gasteiger partial charge in [-0.2, -0.15) is 0 Å². The SMILES string of the molecule is COc1ccc2cc(C(=O)C(Br)C(C)=O)ccc2c1. The maximum absolute atomic E-state index is 12.1. The minimum atomic E-state index is -0.775. The van der Waals surface area contributed by atoms with Crippen LogP contribution in [0.2, 0.25) is 0 Å². The largest absolute Gasteiger partial charge is 0.497 e. The third-order valence-electron chi connectivity index (χ3n) is 2.92. The molecule has 0 spiro atoms. The molecule has 0 aliphatic carbocycles. The van der Waals surface area contributed by atoms with E-state index < -0.39 is 4.83 Å². The van der Waals surface area contributed by atoms with Crippen LogP contribution in [-0.4, -0.2) is 23.5 Å². The molecule has 0 amide bonds. The van der Waals surface area contributed by atoms with Gasteiger partial charge in [0, 0.05) is 5.56 Å². The zero-order valence-corrected chi connectivity index (χ0v) is 12.2. The Labute approximate surface area is 119 Å². The van der Waals surface area contributed by atoms with E-state index in [1.54, 1.807) is 19.2 Å². The topological polar surface area (TPSA) is 43.4 Å². The first-order valence-electron chi connectivity index (χ1n) is 5.79. The molecule has 1 atom stereocenters. The summed E-state index contributed by atoms with van der Waals surface area (Å²) in [4.78, 5) is 22.5. The van der Waals surface area contributed by atoms with E-state index in [4.69, 9.17) is 4.74 Å². The van der Waals surface area contributed by atoms with Crippen LogP contribution < -0.4 is 4.74 Å². The fourth-order valence-electron chi connectivity index (χ4n) is 1.84. The molecule has 3 nitrogen and oxygen atoms in total. The van der Waals surface area contributed by atoms with Crippen molar-refractivity contribution in [2.75, 3.05) is 7.11 Å². The van der Waals surface area contributed by atoms with E-state index in [-0.39, 0.29) is 11.6 Å². The second kappa shape index (κ2) is 5.53. The van der Waals surface area contributed by atoms with Crippen LogP contribution >= 0.6 is 15.9 Å². The number of alkyl halides is 1. The summed E-state index contributed by atoms with van der Waals surface area (Å²) in [7, 11) is 1.61. The minimum absolute atomic E-state index is 0.195. The van der Waals surface area contributed by atoms with Crippen LogP contribution in [0.5, 0.6) is 5.75 Å². The van der Waals surface area contributed by atoms with Crippen LogP contribution in [0.3, 0.4) is 0 Å². The number of hydrogen-bond acceptors (Lipinski definition) is 3. The Hall–Kier alpha value is -1.68. The average Bonchev–Trinajstić information content (AvgIpc) is 2.44. The number of carbonyl (C=O) groups is 2. The molecule has 4 heteroatoms. The summed E-state index contributed by atoms with van der Waals surface area (Å²) < 4.78 is 5.15. The average molecular weight is 321 g/mol. The zero-order valence-electron chi connectivity index (χ0n) is 10.6. The number of Topliss-reactive ketones (excluding diaryl/α,β-unsaturated/α-hetero) is 2. The first-order chi connectivity index (χ1) is 9.02. The number of rotatable bonds is 4. The molecular formula is C15H13BrO3. The van der Waals surface area contributed by atoms with Crippen LogP contribution in [-0.2, 0) is 4.79 Å². The molecule has 2 aromatic rings. The summed E-state index contributed by atoms with van der Waals surface area (Å²) in [6, 6.07) is 11.0. The van der Waals surface area contributed by atoms with Gasteiger partial charge in [0.15, 0.2) is 11.6 Å².